The van der Waals surface area contributed by atoms with Gasteiger partial charge in [0.05, 0.1) is 12.2 Å². The Morgan fingerprint density at radius 3 is 2.88 bits per heavy atom. The monoisotopic (exact) mass is 280 g/mol. The van der Waals surface area contributed by atoms with E-state index in [0.717, 1.165) is 21.8 Å². The summed E-state index contributed by atoms with van der Waals surface area (Å²) in [6.45, 7) is 2.65. The van der Waals surface area contributed by atoms with Crippen LogP contribution in [0.5, 0.6) is 0 Å². The molecule has 2 heterocycles. The molecule has 2 aromatic heterocycles. The topological polar surface area (TPSA) is 42.7 Å². The molecule has 0 unspecified atom stereocenters. The summed E-state index contributed by atoms with van der Waals surface area (Å²) in [4.78, 5) is 8.64. The number of pyridine rings is 1. The fourth-order valence-corrected chi connectivity index (χ4v) is 1.60. The van der Waals surface area contributed by atoms with Crippen LogP contribution in [0.25, 0.3) is 0 Å². The zero-order valence-corrected chi connectivity index (χ0v) is 10.8. The minimum Gasteiger partial charge on any atom is -0.363 e. The van der Waals surface area contributed by atoms with Gasteiger partial charge in [0, 0.05) is 23.9 Å². The van der Waals surface area contributed by atoms with E-state index in [1.165, 1.54) is 0 Å². The van der Waals surface area contributed by atoms with Crippen LogP contribution in [-0.2, 0) is 13.6 Å². The smallest absolute Gasteiger partial charge is 0.127 e. The molecular weight excluding hydrogens is 268 g/mol. The van der Waals surface area contributed by atoms with Gasteiger partial charge in [-0.15, -0.1) is 0 Å². The lowest BCUT2D eigenvalue weighted by atomic mass is 10.3. The van der Waals surface area contributed by atoms with Gasteiger partial charge in [0.15, 0.2) is 0 Å². The van der Waals surface area contributed by atoms with E-state index in [1.54, 1.807) is 6.20 Å². The van der Waals surface area contributed by atoms with Gasteiger partial charge in [0.25, 0.3) is 0 Å². The van der Waals surface area contributed by atoms with Crippen molar-refractivity contribution in [3.05, 3.63) is 40.5 Å². The van der Waals surface area contributed by atoms with Crippen molar-refractivity contribution in [2.75, 3.05) is 5.32 Å². The molecule has 0 saturated heterocycles. The van der Waals surface area contributed by atoms with Crippen molar-refractivity contribution in [2.45, 2.75) is 13.5 Å². The standard InChI is InChI=1S/C11H13BrN4/c1-8-9(12)3-4-10(15-8)14-7-11-13-5-6-16(11)2/h3-6H,7H2,1-2H3,(H,14,15). The molecule has 4 nitrogen and oxygen atoms in total. The molecule has 2 rings (SSSR count). The predicted molar refractivity (Wildman–Crippen MR) is 67.2 cm³/mol. The second kappa shape index (κ2) is 4.65. The van der Waals surface area contributed by atoms with Crippen LogP contribution in [0.1, 0.15) is 11.5 Å². The SMILES string of the molecule is Cc1nc(NCc2nccn2C)ccc1Br. The maximum absolute atomic E-state index is 4.41. The molecule has 2 aromatic rings. The van der Waals surface area contributed by atoms with E-state index in [9.17, 15) is 0 Å². The summed E-state index contributed by atoms with van der Waals surface area (Å²) in [5.41, 5.74) is 0.977. The third-order valence-corrected chi connectivity index (χ3v) is 3.21. The fraction of sp³-hybridized carbons (Fsp3) is 0.273. The van der Waals surface area contributed by atoms with Crippen molar-refractivity contribution in [1.82, 2.24) is 14.5 Å². The molecule has 0 fully saturated rings. The van der Waals surface area contributed by atoms with Crippen LogP contribution in [0, 0.1) is 6.92 Å². The first kappa shape index (κ1) is 11.1. The Morgan fingerprint density at radius 1 is 1.44 bits per heavy atom. The van der Waals surface area contributed by atoms with Gasteiger partial charge in [-0.1, -0.05) is 0 Å². The van der Waals surface area contributed by atoms with Crippen molar-refractivity contribution in [2.24, 2.45) is 7.05 Å². The summed E-state index contributed by atoms with van der Waals surface area (Å²) >= 11 is 3.42. The van der Waals surface area contributed by atoms with Crippen LogP contribution in [0.2, 0.25) is 0 Å². The van der Waals surface area contributed by atoms with Gasteiger partial charge in [-0.25, -0.2) is 9.97 Å². The summed E-state index contributed by atoms with van der Waals surface area (Å²) < 4.78 is 3.01. The molecule has 0 aliphatic heterocycles. The molecule has 0 aliphatic rings. The lowest BCUT2D eigenvalue weighted by molar-refractivity contribution is 0.810. The first-order valence-electron chi connectivity index (χ1n) is 5.00. The van der Waals surface area contributed by atoms with Crippen molar-refractivity contribution >= 4 is 21.7 Å². The highest BCUT2D eigenvalue weighted by Gasteiger charge is 2.01. The molecular formula is C11H13BrN4. The maximum Gasteiger partial charge on any atom is 0.127 e. The largest absolute Gasteiger partial charge is 0.363 e. The number of hydrogen-bond acceptors (Lipinski definition) is 3. The Balaban J connectivity index is 2.05. The van der Waals surface area contributed by atoms with E-state index in [1.807, 2.05) is 36.9 Å². The number of anilines is 1. The van der Waals surface area contributed by atoms with Gasteiger partial charge in [0.2, 0.25) is 0 Å². The van der Waals surface area contributed by atoms with Crippen molar-refractivity contribution < 1.29 is 0 Å². The minimum atomic E-state index is 0.678. The molecule has 0 spiro atoms. The Kier molecular flexibility index (Phi) is 3.24. The van der Waals surface area contributed by atoms with Crippen LogP contribution in [0.15, 0.2) is 29.0 Å². The summed E-state index contributed by atoms with van der Waals surface area (Å²) in [6.07, 6.45) is 3.72. The number of nitrogens with one attached hydrogen (secondary N) is 1. The van der Waals surface area contributed by atoms with Gasteiger partial charge in [-0.05, 0) is 35.0 Å². The fourth-order valence-electron chi connectivity index (χ4n) is 1.38. The second-order valence-corrected chi connectivity index (χ2v) is 4.43. The van der Waals surface area contributed by atoms with Crippen LogP contribution in [0.4, 0.5) is 5.82 Å². The molecule has 5 heteroatoms. The van der Waals surface area contributed by atoms with Gasteiger partial charge < -0.3 is 9.88 Å². The Labute approximate surface area is 103 Å². The number of halogens is 1. The van der Waals surface area contributed by atoms with Gasteiger partial charge >= 0.3 is 0 Å². The third-order valence-electron chi connectivity index (χ3n) is 2.37. The van der Waals surface area contributed by atoms with Gasteiger partial charge in [0.1, 0.15) is 11.6 Å². The quantitative estimate of drug-likeness (QED) is 0.940. The van der Waals surface area contributed by atoms with Crippen molar-refractivity contribution in [1.29, 1.82) is 0 Å². The molecule has 0 bridgehead atoms. The number of aromatic nitrogens is 3. The van der Waals surface area contributed by atoms with E-state index in [0.29, 0.717) is 6.54 Å². The number of aryl methyl sites for hydroxylation is 2. The number of nitrogens with zero attached hydrogens (tertiary/aromatic N) is 3. The van der Waals surface area contributed by atoms with E-state index >= 15 is 0 Å². The van der Waals surface area contributed by atoms with Crippen LogP contribution in [-0.4, -0.2) is 14.5 Å². The molecule has 0 aromatic carbocycles. The number of rotatable bonds is 3. The summed E-state index contributed by atoms with van der Waals surface area (Å²) in [5, 5.41) is 3.24. The summed E-state index contributed by atoms with van der Waals surface area (Å²) in [5.74, 6) is 1.85. The average molecular weight is 281 g/mol. The highest BCUT2D eigenvalue weighted by atomic mass is 79.9. The van der Waals surface area contributed by atoms with E-state index in [-0.39, 0.29) is 0 Å². The summed E-state index contributed by atoms with van der Waals surface area (Å²) in [6, 6.07) is 3.93. The third kappa shape index (κ3) is 2.41. The molecule has 1 N–H and O–H groups in total. The number of imidazole rings is 1. The number of hydrogen-bond donors (Lipinski definition) is 1. The van der Waals surface area contributed by atoms with Crippen molar-refractivity contribution in [3.63, 3.8) is 0 Å². The zero-order chi connectivity index (χ0) is 11.5. The Bertz CT molecular complexity index is 492. The van der Waals surface area contributed by atoms with Crippen LogP contribution < -0.4 is 5.32 Å². The second-order valence-electron chi connectivity index (χ2n) is 3.57. The van der Waals surface area contributed by atoms with E-state index < -0.39 is 0 Å². The highest BCUT2D eigenvalue weighted by Crippen LogP contribution is 2.16. The molecule has 0 atom stereocenters. The predicted octanol–water partition coefficient (Wildman–Crippen LogP) is 2.50. The van der Waals surface area contributed by atoms with Gasteiger partial charge in [-0.3, -0.25) is 0 Å². The Morgan fingerprint density at radius 2 is 2.25 bits per heavy atom. The van der Waals surface area contributed by atoms with Crippen LogP contribution >= 0.6 is 15.9 Å². The van der Waals surface area contributed by atoms with Gasteiger partial charge in [-0.2, -0.15) is 0 Å². The molecule has 0 radical (unpaired) electrons. The summed E-state index contributed by atoms with van der Waals surface area (Å²) in [7, 11) is 1.98. The maximum atomic E-state index is 4.41. The molecule has 16 heavy (non-hydrogen) atoms. The lowest BCUT2D eigenvalue weighted by Crippen LogP contribution is -2.07. The van der Waals surface area contributed by atoms with E-state index in [2.05, 4.69) is 31.2 Å². The van der Waals surface area contributed by atoms with Crippen molar-refractivity contribution in [3.8, 4) is 0 Å². The molecule has 0 saturated carbocycles. The minimum absolute atomic E-state index is 0.678. The highest BCUT2D eigenvalue weighted by molar-refractivity contribution is 9.10. The average Bonchev–Trinajstić information content (AvgIpc) is 2.66. The Hall–Kier alpha value is -1.36. The molecule has 84 valence electrons. The first-order valence-corrected chi connectivity index (χ1v) is 5.79. The zero-order valence-electron chi connectivity index (χ0n) is 9.24. The normalized spacial score (nSPS) is 10.4. The van der Waals surface area contributed by atoms with Crippen LogP contribution in [0.3, 0.4) is 0 Å². The van der Waals surface area contributed by atoms with E-state index in [4.69, 9.17) is 0 Å². The lowest BCUT2D eigenvalue weighted by Gasteiger charge is -2.07. The molecule has 0 amide bonds. The first-order chi connectivity index (χ1) is 7.66. The molecule has 0 aliphatic carbocycles.